The predicted octanol–water partition coefficient (Wildman–Crippen LogP) is 3.37. The lowest BCUT2D eigenvalue weighted by molar-refractivity contribution is -0.0504. The molecule has 0 bridgehead atoms. The molecule has 1 amide bonds. The van der Waals surface area contributed by atoms with Crippen LogP contribution in [0.1, 0.15) is 27.6 Å². The first-order chi connectivity index (χ1) is 12.6. The molecule has 2 aromatic carbocycles. The zero-order valence-electron chi connectivity index (χ0n) is 13.8. The molecule has 0 radical (unpaired) electrons. The fourth-order valence-corrected chi connectivity index (χ4v) is 2.83. The molecule has 1 aliphatic heterocycles. The summed E-state index contributed by atoms with van der Waals surface area (Å²) in [7, 11) is 0. The van der Waals surface area contributed by atoms with Crippen molar-refractivity contribution >= 4 is 5.91 Å². The van der Waals surface area contributed by atoms with Crippen LogP contribution in [0.5, 0.6) is 5.75 Å². The topological polar surface area (TPSA) is 62.6 Å². The summed E-state index contributed by atoms with van der Waals surface area (Å²) in [5.74, 6) is -0.151. The van der Waals surface area contributed by atoms with Gasteiger partial charge in [0.25, 0.3) is 5.91 Å². The molecule has 1 saturated heterocycles. The zero-order chi connectivity index (χ0) is 18.5. The minimum atomic E-state index is -2.90. The van der Waals surface area contributed by atoms with E-state index in [9.17, 15) is 13.6 Å². The summed E-state index contributed by atoms with van der Waals surface area (Å²) in [5.41, 5.74) is 1.50. The average molecular weight is 358 g/mol. The van der Waals surface area contributed by atoms with Crippen LogP contribution in [-0.2, 0) is 4.74 Å². The molecule has 0 aromatic heterocycles. The molecule has 2 aromatic rings. The van der Waals surface area contributed by atoms with Gasteiger partial charge in [-0.25, -0.2) is 0 Å². The van der Waals surface area contributed by atoms with Gasteiger partial charge in [-0.2, -0.15) is 14.0 Å². The molecule has 134 valence electrons. The molecule has 1 atom stereocenters. The van der Waals surface area contributed by atoms with Gasteiger partial charge in [-0.3, -0.25) is 4.79 Å². The van der Waals surface area contributed by atoms with Gasteiger partial charge in [-0.05, 0) is 35.9 Å². The molecule has 0 aliphatic carbocycles. The van der Waals surface area contributed by atoms with Gasteiger partial charge in [0.1, 0.15) is 11.9 Å². The number of carbonyl (C=O) groups is 1. The Kier molecular flexibility index (Phi) is 5.44. The summed E-state index contributed by atoms with van der Waals surface area (Å²) < 4.78 is 34.9. The fraction of sp³-hybridized carbons (Fsp3) is 0.263. The van der Waals surface area contributed by atoms with E-state index in [1.165, 1.54) is 12.1 Å². The van der Waals surface area contributed by atoms with Crippen LogP contribution in [0.2, 0.25) is 0 Å². The molecule has 0 spiro atoms. The Hall–Kier alpha value is -2.98. The normalized spacial score (nSPS) is 17.0. The molecule has 3 rings (SSSR count). The maximum Gasteiger partial charge on any atom is 0.387 e. The van der Waals surface area contributed by atoms with Gasteiger partial charge in [-0.15, -0.1) is 0 Å². The zero-order valence-corrected chi connectivity index (χ0v) is 13.8. The molecule has 0 saturated carbocycles. The number of benzene rings is 2. The van der Waals surface area contributed by atoms with Crippen molar-refractivity contribution in [2.75, 3.05) is 19.7 Å². The number of ether oxygens (including phenoxy) is 2. The first-order valence-corrected chi connectivity index (χ1v) is 8.02. The second-order valence-corrected chi connectivity index (χ2v) is 5.75. The van der Waals surface area contributed by atoms with Gasteiger partial charge in [0.15, 0.2) is 0 Å². The van der Waals surface area contributed by atoms with Crippen LogP contribution in [0.4, 0.5) is 8.78 Å². The maximum atomic E-state index is 12.7. The Labute approximate surface area is 149 Å². The SMILES string of the molecule is N#Cc1cccc(C(=O)N2CCO[C@@H](c3cccc(OC(F)F)c3)C2)c1. The van der Waals surface area contributed by atoms with Gasteiger partial charge in [0, 0.05) is 12.1 Å². The third kappa shape index (κ3) is 4.16. The lowest BCUT2D eigenvalue weighted by atomic mass is 10.1. The molecule has 1 heterocycles. The summed E-state index contributed by atoms with van der Waals surface area (Å²) in [6.45, 7) is -1.87. The number of nitriles is 1. The number of halogens is 2. The van der Waals surface area contributed by atoms with E-state index in [1.807, 2.05) is 6.07 Å². The summed E-state index contributed by atoms with van der Waals surface area (Å²) in [6.07, 6.45) is -0.437. The molecule has 26 heavy (non-hydrogen) atoms. The van der Waals surface area contributed by atoms with Gasteiger partial charge >= 0.3 is 6.61 Å². The van der Waals surface area contributed by atoms with E-state index < -0.39 is 12.7 Å². The van der Waals surface area contributed by atoms with Gasteiger partial charge in [0.05, 0.1) is 24.8 Å². The van der Waals surface area contributed by atoms with Crippen LogP contribution in [0.25, 0.3) is 0 Å². The minimum absolute atomic E-state index is 0.0475. The molecule has 0 N–H and O–H groups in total. The summed E-state index contributed by atoms with van der Waals surface area (Å²) in [5, 5.41) is 8.97. The number of rotatable bonds is 4. The van der Waals surface area contributed by atoms with E-state index in [-0.39, 0.29) is 18.2 Å². The van der Waals surface area contributed by atoms with Crippen LogP contribution < -0.4 is 4.74 Å². The highest BCUT2D eigenvalue weighted by atomic mass is 19.3. The van der Waals surface area contributed by atoms with Crippen LogP contribution in [0, 0.1) is 11.3 Å². The number of amides is 1. The smallest absolute Gasteiger partial charge is 0.387 e. The molecule has 0 unspecified atom stereocenters. The highest BCUT2D eigenvalue weighted by Crippen LogP contribution is 2.27. The largest absolute Gasteiger partial charge is 0.435 e. The second kappa shape index (κ2) is 7.93. The molecular weight excluding hydrogens is 342 g/mol. The molecule has 1 aliphatic rings. The second-order valence-electron chi connectivity index (χ2n) is 5.75. The number of morpholine rings is 1. The third-order valence-electron chi connectivity index (χ3n) is 4.05. The number of carbonyl (C=O) groups excluding carboxylic acids is 1. The number of hydrogen-bond donors (Lipinski definition) is 0. The predicted molar refractivity (Wildman–Crippen MR) is 88.8 cm³/mol. The Morgan fingerprint density at radius 1 is 1.27 bits per heavy atom. The Balaban J connectivity index is 1.75. The Morgan fingerprint density at radius 2 is 2.08 bits per heavy atom. The lowest BCUT2D eigenvalue weighted by Crippen LogP contribution is -2.42. The summed E-state index contributed by atoms with van der Waals surface area (Å²) in [4.78, 5) is 14.3. The van der Waals surface area contributed by atoms with Crippen LogP contribution in [0.15, 0.2) is 48.5 Å². The molecule has 1 fully saturated rings. The highest BCUT2D eigenvalue weighted by Gasteiger charge is 2.26. The fourth-order valence-electron chi connectivity index (χ4n) is 2.83. The Bertz CT molecular complexity index is 836. The van der Waals surface area contributed by atoms with E-state index in [0.29, 0.717) is 29.8 Å². The van der Waals surface area contributed by atoms with E-state index in [0.717, 1.165) is 0 Å². The van der Waals surface area contributed by atoms with Gasteiger partial charge in [-0.1, -0.05) is 18.2 Å². The molecule has 5 nitrogen and oxygen atoms in total. The van der Waals surface area contributed by atoms with Crippen molar-refractivity contribution in [1.82, 2.24) is 4.90 Å². The minimum Gasteiger partial charge on any atom is -0.435 e. The third-order valence-corrected chi connectivity index (χ3v) is 4.05. The number of nitrogens with zero attached hydrogens (tertiary/aromatic N) is 2. The van der Waals surface area contributed by atoms with Crippen LogP contribution in [0.3, 0.4) is 0 Å². The van der Waals surface area contributed by atoms with Crippen molar-refractivity contribution in [2.24, 2.45) is 0 Å². The first kappa shape index (κ1) is 17.8. The van der Waals surface area contributed by atoms with Gasteiger partial charge < -0.3 is 14.4 Å². The average Bonchev–Trinajstić information content (AvgIpc) is 2.67. The van der Waals surface area contributed by atoms with Crippen molar-refractivity contribution in [2.45, 2.75) is 12.7 Å². The van der Waals surface area contributed by atoms with E-state index in [2.05, 4.69) is 4.74 Å². The first-order valence-electron chi connectivity index (χ1n) is 8.02. The monoisotopic (exact) mass is 358 g/mol. The van der Waals surface area contributed by atoms with Crippen molar-refractivity contribution in [3.63, 3.8) is 0 Å². The molecule has 7 heteroatoms. The van der Waals surface area contributed by atoms with Crippen LogP contribution in [-0.4, -0.2) is 37.1 Å². The van der Waals surface area contributed by atoms with Crippen LogP contribution >= 0.6 is 0 Å². The highest BCUT2D eigenvalue weighted by molar-refractivity contribution is 5.94. The van der Waals surface area contributed by atoms with E-state index in [4.69, 9.17) is 10.00 Å². The van der Waals surface area contributed by atoms with Crippen molar-refractivity contribution < 1.29 is 23.0 Å². The van der Waals surface area contributed by atoms with Crippen molar-refractivity contribution in [1.29, 1.82) is 5.26 Å². The maximum absolute atomic E-state index is 12.7. The van der Waals surface area contributed by atoms with Crippen molar-refractivity contribution in [3.05, 3.63) is 65.2 Å². The van der Waals surface area contributed by atoms with Crippen molar-refractivity contribution in [3.8, 4) is 11.8 Å². The number of alkyl halides is 2. The standard InChI is InChI=1S/C19H16F2N2O3/c20-19(21)26-16-6-2-4-14(10-16)17-12-23(7-8-25-17)18(24)15-5-1-3-13(9-15)11-22/h1-6,9-10,17,19H,7-8,12H2/t17-/m1/s1. The van der Waals surface area contributed by atoms with Gasteiger partial charge in [0.2, 0.25) is 0 Å². The van der Waals surface area contributed by atoms with E-state index in [1.54, 1.807) is 41.3 Å². The Morgan fingerprint density at radius 3 is 2.85 bits per heavy atom. The molecular formula is C19H16F2N2O3. The number of hydrogen-bond acceptors (Lipinski definition) is 4. The summed E-state index contributed by atoms with van der Waals surface area (Å²) in [6, 6.07) is 14.8. The summed E-state index contributed by atoms with van der Waals surface area (Å²) >= 11 is 0. The lowest BCUT2D eigenvalue weighted by Gasteiger charge is -2.33. The quantitative estimate of drug-likeness (QED) is 0.841. The van der Waals surface area contributed by atoms with E-state index >= 15 is 0 Å².